The lowest BCUT2D eigenvalue weighted by molar-refractivity contribution is 1.32. The molecule has 4 aromatic heterocycles. The van der Waals surface area contributed by atoms with Gasteiger partial charge < -0.3 is 8.80 Å². The number of benzene rings is 11. The monoisotopic (exact) mass is 916 g/mol. The molecule has 72 heavy (non-hydrogen) atoms. The quantitative estimate of drug-likeness (QED) is 0.156. The fourth-order valence-electron chi connectivity index (χ4n) is 12.0. The van der Waals surface area contributed by atoms with Crippen LogP contribution in [0.25, 0.3) is 143 Å². The minimum Gasteiger partial charge on any atom is -0.307 e. The van der Waals surface area contributed by atoms with Crippen molar-refractivity contribution >= 4 is 76.2 Å². The van der Waals surface area contributed by atoms with Gasteiger partial charge in [0, 0.05) is 54.2 Å². The first-order valence-electron chi connectivity index (χ1n) is 24.5. The second-order valence-electron chi connectivity index (χ2n) is 19.0. The summed E-state index contributed by atoms with van der Waals surface area (Å²) in [7, 11) is 0. The molecule has 334 valence electrons. The van der Waals surface area contributed by atoms with E-state index >= 15 is 0 Å². The summed E-state index contributed by atoms with van der Waals surface area (Å²) in [6.45, 7) is 0. The van der Waals surface area contributed by atoms with Crippen molar-refractivity contribution < 1.29 is 0 Å². The highest BCUT2D eigenvalue weighted by atomic mass is 16.1. The van der Waals surface area contributed by atoms with Gasteiger partial charge in [-0.05, 0) is 128 Å². The predicted octanol–water partition coefficient (Wildman–Crippen LogP) is 16.7. The van der Waals surface area contributed by atoms with Crippen LogP contribution in [0.15, 0.2) is 252 Å². The number of aromatic nitrogens is 2. The average molecular weight is 917 g/mol. The third-order valence-electron chi connectivity index (χ3n) is 15.1. The van der Waals surface area contributed by atoms with E-state index in [1.807, 2.05) is 60.7 Å². The van der Waals surface area contributed by atoms with E-state index in [9.17, 15) is 9.59 Å². The molecule has 0 amide bonds. The number of para-hydroxylation sites is 4. The molecule has 11 aromatic carbocycles. The second kappa shape index (κ2) is 15.4. The molecule has 0 bridgehead atoms. The van der Waals surface area contributed by atoms with E-state index in [4.69, 9.17) is 0 Å². The van der Waals surface area contributed by atoms with Crippen LogP contribution in [-0.2, 0) is 0 Å². The van der Waals surface area contributed by atoms with Crippen molar-refractivity contribution in [3.63, 3.8) is 0 Å². The zero-order valence-electron chi connectivity index (χ0n) is 38.8. The van der Waals surface area contributed by atoms with Crippen molar-refractivity contribution in [2.24, 2.45) is 0 Å². The van der Waals surface area contributed by atoms with Gasteiger partial charge >= 0.3 is 0 Å². The van der Waals surface area contributed by atoms with Gasteiger partial charge in [-0.2, -0.15) is 0 Å². The summed E-state index contributed by atoms with van der Waals surface area (Å²) in [6.07, 6.45) is 0. The van der Waals surface area contributed by atoms with Crippen LogP contribution in [0.2, 0.25) is 0 Å². The third-order valence-corrected chi connectivity index (χ3v) is 15.1. The molecule has 4 heterocycles. The molecular weight excluding hydrogens is 877 g/mol. The summed E-state index contributed by atoms with van der Waals surface area (Å²) in [6, 6.07) is 85.1. The fourth-order valence-corrected chi connectivity index (χ4v) is 12.0. The molecule has 0 aliphatic carbocycles. The molecule has 0 N–H and O–H groups in total. The van der Waals surface area contributed by atoms with Crippen LogP contribution in [0.4, 0.5) is 0 Å². The molecule has 15 aromatic rings. The standard InChI is InChI=1S/C68H40N2O2/c71-67-51-27-13-15-33-57(51)69-63-53(29-17-31-55(63)67)61-59(49-37-45(41-19-5-1-6-20-41)35-46(38-49)42-21-7-2-8-22-42)62-54-30-18-32-56-64(54)70(58-34-16-14-28-52(58)68(56)72)66(62)60(65(61)69)50-39-47(43-23-9-3-10-24-43)36-48(40-50)44-25-11-4-12-26-44/h1-40H. The van der Waals surface area contributed by atoms with E-state index in [0.29, 0.717) is 21.5 Å². The maximum Gasteiger partial charge on any atom is 0.197 e. The van der Waals surface area contributed by atoms with Gasteiger partial charge in [-0.15, -0.1) is 0 Å². The maximum atomic E-state index is 14.9. The first-order chi connectivity index (χ1) is 35.6. The van der Waals surface area contributed by atoms with E-state index in [1.165, 1.54) is 0 Å². The molecule has 4 heteroatoms. The van der Waals surface area contributed by atoms with Gasteiger partial charge in [0.25, 0.3) is 0 Å². The molecular formula is C68H40N2O2. The van der Waals surface area contributed by atoms with Crippen LogP contribution in [0.1, 0.15) is 0 Å². The molecule has 0 unspecified atom stereocenters. The van der Waals surface area contributed by atoms with Gasteiger partial charge in [-0.1, -0.05) is 170 Å². The number of rotatable bonds is 6. The largest absolute Gasteiger partial charge is 0.307 e. The number of nitrogens with zero attached hydrogens (tertiary/aromatic N) is 2. The molecule has 0 fully saturated rings. The highest BCUT2D eigenvalue weighted by Crippen LogP contribution is 2.53. The van der Waals surface area contributed by atoms with Gasteiger partial charge in [-0.25, -0.2) is 0 Å². The summed E-state index contributed by atoms with van der Waals surface area (Å²) in [5, 5.41) is 6.70. The second-order valence-corrected chi connectivity index (χ2v) is 19.0. The van der Waals surface area contributed by atoms with Crippen molar-refractivity contribution in [2.45, 2.75) is 0 Å². The van der Waals surface area contributed by atoms with Crippen LogP contribution >= 0.6 is 0 Å². The Hall–Kier alpha value is -9.64. The predicted molar refractivity (Wildman–Crippen MR) is 301 cm³/mol. The zero-order valence-corrected chi connectivity index (χ0v) is 38.8. The molecule has 0 aliphatic heterocycles. The Bertz CT molecular complexity index is 4510. The molecule has 4 nitrogen and oxygen atoms in total. The summed E-state index contributed by atoms with van der Waals surface area (Å²) in [4.78, 5) is 29.8. The lowest BCUT2D eigenvalue weighted by atomic mass is 9.86. The molecule has 0 aliphatic rings. The Kier molecular flexibility index (Phi) is 8.63. The van der Waals surface area contributed by atoms with Gasteiger partial charge in [-0.3, -0.25) is 9.59 Å². The zero-order chi connectivity index (χ0) is 47.6. The fraction of sp³-hybridized carbons (Fsp3) is 0. The van der Waals surface area contributed by atoms with E-state index in [-0.39, 0.29) is 10.9 Å². The lowest BCUT2D eigenvalue weighted by Crippen LogP contribution is -2.07. The maximum absolute atomic E-state index is 14.9. The summed E-state index contributed by atoms with van der Waals surface area (Å²) in [5.74, 6) is 0. The minimum atomic E-state index is 0.00971. The van der Waals surface area contributed by atoms with E-state index in [2.05, 4.69) is 191 Å². The Morgan fingerprint density at radius 1 is 0.222 bits per heavy atom. The molecule has 0 atom stereocenters. The molecule has 0 saturated heterocycles. The van der Waals surface area contributed by atoms with Crippen molar-refractivity contribution in [3.05, 3.63) is 263 Å². The summed E-state index contributed by atoms with van der Waals surface area (Å²) >= 11 is 0. The smallest absolute Gasteiger partial charge is 0.197 e. The minimum absolute atomic E-state index is 0.00971. The van der Waals surface area contributed by atoms with Crippen LogP contribution in [0, 0.1) is 0 Å². The Balaban J connectivity index is 1.27. The van der Waals surface area contributed by atoms with E-state index in [0.717, 1.165) is 121 Å². The van der Waals surface area contributed by atoms with Crippen molar-refractivity contribution in [1.29, 1.82) is 0 Å². The van der Waals surface area contributed by atoms with Gasteiger partial charge in [0.1, 0.15) is 0 Å². The van der Waals surface area contributed by atoms with Crippen LogP contribution < -0.4 is 10.9 Å². The lowest BCUT2D eigenvalue weighted by Gasteiger charge is -2.19. The number of hydrogen-bond donors (Lipinski definition) is 0. The SMILES string of the molecule is O=c1c2ccccc2n2c3c(-c4cc(-c5ccccc5)cc(-c5ccccc5)c4)c4c(c(-c5cc(-c6ccccc6)cc(-c6ccccc6)c5)c3c3cccc1c32)c1cccc2c(=O)c3ccccc3n4c21. The third kappa shape index (κ3) is 5.75. The number of fused-ring (bicyclic) bond motifs is 10. The van der Waals surface area contributed by atoms with Gasteiger partial charge in [0.2, 0.25) is 0 Å². The summed E-state index contributed by atoms with van der Waals surface area (Å²) < 4.78 is 4.77. The molecule has 0 saturated carbocycles. The molecule has 15 rings (SSSR count). The van der Waals surface area contributed by atoms with Gasteiger partial charge in [0.05, 0.1) is 33.1 Å². The Morgan fingerprint density at radius 2 is 0.514 bits per heavy atom. The van der Waals surface area contributed by atoms with Crippen molar-refractivity contribution in [3.8, 4) is 66.8 Å². The Morgan fingerprint density at radius 3 is 0.889 bits per heavy atom. The van der Waals surface area contributed by atoms with E-state index in [1.54, 1.807) is 0 Å². The van der Waals surface area contributed by atoms with Gasteiger partial charge in [0.15, 0.2) is 10.9 Å². The molecule has 0 spiro atoms. The topological polar surface area (TPSA) is 43.0 Å². The highest BCUT2D eigenvalue weighted by Gasteiger charge is 2.31. The first-order valence-corrected chi connectivity index (χ1v) is 24.5. The Labute approximate surface area is 412 Å². The van der Waals surface area contributed by atoms with Crippen LogP contribution in [-0.4, -0.2) is 8.80 Å². The molecule has 0 radical (unpaired) electrons. The normalized spacial score (nSPS) is 12.0. The van der Waals surface area contributed by atoms with Crippen molar-refractivity contribution in [1.82, 2.24) is 8.80 Å². The van der Waals surface area contributed by atoms with E-state index < -0.39 is 0 Å². The average Bonchev–Trinajstić information content (AvgIpc) is 3.98. The first kappa shape index (κ1) is 40.3. The van der Waals surface area contributed by atoms with Crippen LogP contribution in [0.5, 0.6) is 0 Å². The van der Waals surface area contributed by atoms with Crippen LogP contribution in [0.3, 0.4) is 0 Å². The van der Waals surface area contributed by atoms with Crippen molar-refractivity contribution in [2.75, 3.05) is 0 Å². The summed E-state index contributed by atoms with van der Waals surface area (Å²) in [5.41, 5.74) is 18.3. The number of hydrogen-bond acceptors (Lipinski definition) is 2. The highest BCUT2D eigenvalue weighted by molar-refractivity contribution is 6.36. The number of pyridine rings is 2.